The maximum absolute atomic E-state index is 13.7. The molecule has 0 saturated carbocycles. The van der Waals surface area contributed by atoms with Crippen LogP contribution in [-0.2, 0) is 29.2 Å². The first kappa shape index (κ1) is 29.8. The molecule has 1 amide bonds. The predicted octanol–water partition coefficient (Wildman–Crippen LogP) is 4.27. The molecular weight excluding hydrogens is 533 g/mol. The SMILES string of the molecule is CC(C)CCNC(=O)c1cccc(Cc2ncc(C(F)(F)F)c(NCc3cccnc3N(C)S(C)(=O)=O)n2)c1. The van der Waals surface area contributed by atoms with Crippen molar-refractivity contribution < 1.29 is 26.4 Å². The number of benzene rings is 1. The Morgan fingerprint density at radius 3 is 2.54 bits per heavy atom. The highest BCUT2D eigenvalue weighted by Gasteiger charge is 2.35. The van der Waals surface area contributed by atoms with Crippen molar-refractivity contribution in [3.05, 3.63) is 76.9 Å². The molecule has 9 nitrogen and oxygen atoms in total. The quantitative estimate of drug-likeness (QED) is 0.357. The van der Waals surface area contributed by atoms with Crippen LogP contribution in [0.5, 0.6) is 0 Å². The van der Waals surface area contributed by atoms with Crippen LogP contribution in [0.4, 0.5) is 24.8 Å². The molecule has 0 spiro atoms. The smallest absolute Gasteiger partial charge is 0.365 e. The van der Waals surface area contributed by atoms with Crippen LogP contribution in [0.2, 0.25) is 0 Å². The van der Waals surface area contributed by atoms with Crippen LogP contribution in [0, 0.1) is 5.92 Å². The highest BCUT2D eigenvalue weighted by atomic mass is 32.2. The molecule has 3 aromatic rings. The Bertz CT molecular complexity index is 1410. The van der Waals surface area contributed by atoms with Gasteiger partial charge in [-0.1, -0.05) is 32.0 Å². The molecule has 0 bridgehead atoms. The van der Waals surface area contributed by atoms with Gasteiger partial charge < -0.3 is 10.6 Å². The van der Waals surface area contributed by atoms with Gasteiger partial charge in [-0.25, -0.2) is 23.4 Å². The molecule has 1 aromatic carbocycles. The summed E-state index contributed by atoms with van der Waals surface area (Å²) in [5.41, 5.74) is 0.378. The molecule has 0 unspecified atom stereocenters. The second-order valence-electron chi connectivity index (χ2n) is 9.43. The lowest BCUT2D eigenvalue weighted by molar-refractivity contribution is -0.137. The zero-order valence-corrected chi connectivity index (χ0v) is 22.9. The van der Waals surface area contributed by atoms with Gasteiger partial charge in [0.05, 0.1) is 6.26 Å². The van der Waals surface area contributed by atoms with Gasteiger partial charge in [0.1, 0.15) is 23.0 Å². The van der Waals surface area contributed by atoms with E-state index < -0.39 is 27.6 Å². The lowest BCUT2D eigenvalue weighted by Gasteiger charge is -2.20. The van der Waals surface area contributed by atoms with Crippen LogP contribution in [0.3, 0.4) is 0 Å². The van der Waals surface area contributed by atoms with Crippen molar-refractivity contribution >= 4 is 27.6 Å². The first-order chi connectivity index (χ1) is 18.3. The largest absolute Gasteiger partial charge is 0.421 e. The van der Waals surface area contributed by atoms with Gasteiger partial charge >= 0.3 is 6.18 Å². The third-order valence-corrected chi connectivity index (χ3v) is 6.98. The molecular formula is C26H31F3N6O3S. The minimum absolute atomic E-state index is 0.0822. The minimum atomic E-state index is -4.73. The number of halogens is 3. The Hall–Kier alpha value is -3.74. The van der Waals surface area contributed by atoms with Crippen molar-refractivity contribution in [2.24, 2.45) is 5.92 Å². The van der Waals surface area contributed by atoms with E-state index in [1.807, 2.05) is 0 Å². The number of aromatic nitrogens is 3. The molecule has 0 aliphatic rings. The van der Waals surface area contributed by atoms with Crippen molar-refractivity contribution in [3.8, 4) is 0 Å². The molecule has 0 aliphatic heterocycles. The fourth-order valence-corrected chi connectivity index (χ4v) is 4.09. The molecule has 0 aliphatic carbocycles. The van der Waals surface area contributed by atoms with Gasteiger partial charge in [0.25, 0.3) is 5.91 Å². The predicted molar refractivity (Wildman–Crippen MR) is 143 cm³/mol. The van der Waals surface area contributed by atoms with E-state index in [1.165, 1.54) is 13.2 Å². The molecule has 0 radical (unpaired) electrons. The third-order valence-electron chi connectivity index (χ3n) is 5.81. The number of nitrogens with zero attached hydrogens (tertiary/aromatic N) is 4. The van der Waals surface area contributed by atoms with E-state index in [-0.39, 0.29) is 30.5 Å². The third kappa shape index (κ3) is 8.37. The number of anilines is 2. The standard InChI is InChI=1S/C26H31F3N6O3S/c1-17(2)10-12-31-25(36)19-8-5-7-18(13-19)14-22-32-16-21(26(27,28)29)23(34-22)33-15-20-9-6-11-30-24(20)35(3)39(4,37)38/h5-9,11,13,16-17H,10,12,14-15H2,1-4H3,(H,31,36)(H,32,33,34). The lowest BCUT2D eigenvalue weighted by atomic mass is 10.1. The van der Waals surface area contributed by atoms with Crippen LogP contribution in [-0.4, -0.2) is 49.1 Å². The molecule has 3 rings (SSSR count). The van der Waals surface area contributed by atoms with Gasteiger partial charge in [0.2, 0.25) is 10.0 Å². The Morgan fingerprint density at radius 2 is 1.87 bits per heavy atom. The summed E-state index contributed by atoms with van der Waals surface area (Å²) in [5, 5.41) is 5.53. The summed E-state index contributed by atoms with van der Waals surface area (Å²) in [4.78, 5) is 24.6. The van der Waals surface area contributed by atoms with Gasteiger partial charge in [-0.3, -0.25) is 9.10 Å². The first-order valence-corrected chi connectivity index (χ1v) is 14.0. The van der Waals surface area contributed by atoms with E-state index in [1.54, 1.807) is 36.4 Å². The topological polar surface area (TPSA) is 117 Å². The average molecular weight is 565 g/mol. The summed E-state index contributed by atoms with van der Waals surface area (Å²) in [6.45, 7) is 4.48. The van der Waals surface area contributed by atoms with Crippen molar-refractivity contribution in [2.75, 3.05) is 29.5 Å². The summed E-state index contributed by atoms with van der Waals surface area (Å²) in [5.74, 6) is -0.0469. The number of hydrogen-bond acceptors (Lipinski definition) is 7. The Balaban J connectivity index is 1.83. The van der Waals surface area contributed by atoms with E-state index in [2.05, 4.69) is 39.4 Å². The highest BCUT2D eigenvalue weighted by molar-refractivity contribution is 7.92. The average Bonchev–Trinajstić information content (AvgIpc) is 2.86. The van der Waals surface area contributed by atoms with Crippen LogP contribution in [0.15, 0.2) is 48.8 Å². The van der Waals surface area contributed by atoms with Crippen molar-refractivity contribution in [1.82, 2.24) is 20.3 Å². The minimum Gasteiger partial charge on any atom is -0.365 e. The number of carbonyl (C=O) groups is 1. The Kier molecular flexibility index (Phi) is 9.49. The van der Waals surface area contributed by atoms with Crippen LogP contribution >= 0.6 is 0 Å². The molecule has 2 N–H and O–H groups in total. The summed E-state index contributed by atoms with van der Waals surface area (Å²) in [6.07, 6.45) is -0.693. The highest BCUT2D eigenvalue weighted by Crippen LogP contribution is 2.34. The number of rotatable bonds is 11. The summed E-state index contributed by atoms with van der Waals surface area (Å²) in [6, 6.07) is 9.86. The molecule has 39 heavy (non-hydrogen) atoms. The summed E-state index contributed by atoms with van der Waals surface area (Å²) in [7, 11) is -2.33. The van der Waals surface area contributed by atoms with Gasteiger partial charge in [0.15, 0.2) is 0 Å². The zero-order valence-electron chi connectivity index (χ0n) is 22.1. The maximum atomic E-state index is 13.7. The van der Waals surface area contributed by atoms with E-state index in [4.69, 9.17) is 0 Å². The van der Waals surface area contributed by atoms with Crippen molar-refractivity contribution in [2.45, 2.75) is 39.4 Å². The molecule has 2 heterocycles. The maximum Gasteiger partial charge on any atom is 0.421 e. The number of amides is 1. The van der Waals surface area contributed by atoms with E-state index in [9.17, 15) is 26.4 Å². The van der Waals surface area contributed by atoms with E-state index in [0.29, 0.717) is 35.3 Å². The first-order valence-electron chi connectivity index (χ1n) is 12.2. The second kappa shape index (κ2) is 12.4. The fourth-order valence-electron chi connectivity index (χ4n) is 3.62. The molecule has 0 fully saturated rings. The molecule has 0 atom stereocenters. The van der Waals surface area contributed by atoms with E-state index >= 15 is 0 Å². The Labute approximate surface area is 225 Å². The number of alkyl halides is 3. The number of hydrogen-bond donors (Lipinski definition) is 2. The molecule has 0 saturated heterocycles. The van der Waals surface area contributed by atoms with E-state index in [0.717, 1.165) is 17.0 Å². The molecule has 13 heteroatoms. The molecule has 210 valence electrons. The molecule has 2 aromatic heterocycles. The van der Waals surface area contributed by atoms with Crippen molar-refractivity contribution in [1.29, 1.82) is 0 Å². The van der Waals surface area contributed by atoms with Gasteiger partial charge in [0, 0.05) is 50.1 Å². The van der Waals surface area contributed by atoms with Crippen LogP contribution < -0.4 is 14.9 Å². The van der Waals surface area contributed by atoms with Crippen LogP contribution in [0.25, 0.3) is 0 Å². The number of pyridine rings is 1. The normalized spacial score (nSPS) is 11.9. The van der Waals surface area contributed by atoms with Gasteiger partial charge in [-0.2, -0.15) is 13.2 Å². The number of sulfonamides is 1. The zero-order chi connectivity index (χ0) is 28.8. The summed E-state index contributed by atoms with van der Waals surface area (Å²) < 4.78 is 66.1. The lowest BCUT2D eigenvalue weighted by Crippen LogP contribution is -2.27. The second-order valence-corrected chi connectivity index (χ2v) is 11.4. The van der Waals surface area contributed by atoms with Crippen molar-refractivity contribution in [3.63, 3.8) is 0 Å². The van der Waals surface area contributed by atoms with Gasteiger partial charge in [-0.05, 0) is 36.1 Å². The fraction of sp³-hybridized carbons (Fsp3) is 0.385. The number of carbonyl (C=O) groups excluding carboxylic acids is 1. The summed E-state index contributed by atoms with van der Waals surface area (Å²) >= 11 is 0. The monoisotopic (exact) mass is 564 g/mol. The Morgan fingerprint density at radius 1 is 1.13 bits per heavy atom. The number of nitrogens with one attached hydrogen (secondary N) is 2. The van der Waals surface area contributed by atoms with Gasteiger partial charge in [-0.15, -0.1) is 0 Å². The van der Waals surface area contributed by atoms with Crippen LogP contribution in [0.1, 0.15) is 53.1 Å².